The molecule has 0 aliphatic rings. The predicted molar refractivity (Wildman–Crippen MR) is 109 cm³/mol. The summed E-state index contributed by atoms with van der Waals surface area (Å²) in [4.78, 5) is 16.8. The van der Waals surface area contributed by atoms with Crippen LogP contribution in [0.25, 0.3) is 0 Å². The van der Waals surface area contributed by atoms with Crippen molar-refractivity contribution >= 4 is 23.3 Å². The van der Waals surface area contributed by atoms with Gasteiger partial charge in [-0.15, -0.1) is 0 Å². The Morgan fingerprint density at radius 3 is 2.36 bits per heavy atom. The van der Waals surface area contributed by atoms with Crippen molar-refractivity contribution in [3.63, 3.8) is 0 Å². The maximum atomic E-state index is 12.8. The monoisotopic (exact) mass is 396 g/mol. The SMILES string of the molecule is COC(=O)C(O)(c1ccc(Cl)nc1)C(Nc1ccccc1)c1ccc(C)cc1. The number of hydrogen-bond donors (Lipinski definition) is 2. The van der Waals surface area contributed by atoms with E-state index in [-0.39, 0.29) is 10.7 Å². The lowest BCUT2D eigenvalue weighted by molar-refractivity contribution is -0.165. The van der Waals surface area contributed by atoms with Crippen LogP contribution in [-0.2, 0) is 15.1 Å². The number of pyridine rings is 1. The van der Waals surface area contributed by atoms with E-state index < -0.39 is 17.6 Å². The van der Waals surface area contributed by atoms with Crippen molar-refractivity contribution in [2.24, 2.45) is 0 Å². The Hall–Kier alpha value is -2.89. The highest BCUT2D eigenvalue weighted by atomic mass is 35.5. The van der Waals surface area contributed by atoms with E-state index >= 15 is 0 Å². The standard InChI is InChI=1S/C22H21ClN2O3/c1-15-8-10-16(11-9-15)20(25-18-6-4-3-5-7-18)22(27,21(26)28-2)17-12-13-19(23)24-14-17/h3-14,20,25,27H,1-2H3. The molecule has 2 atom stereocenters. The van der Waals surface area contributed by atoms with Crippen molar-refractivity contribution < 1.29 is 14.6 Å². The number of carbonyl (C=O) groups is 1. The molecule has 2 N–H and O–H groups in total. The van der Waals surface area contributed by atoms with Crippen molar-refractivity contribution in [2.45, 2.75) is 18.6 Å². The lowest BCUT2D eigenvalue weighted by Crippen LogP contribution is -2.45. The van der Waals surface area contributed by atoms with E-state index in [9.17, 15) is 9.90 Å². The second-order valence-corrected chi connectivity index (χ2v) is 6.87. The number of para-hydroxylation sites is 1. The number of nitrogens with zero attached hydrogens (tertiary/aromatic N) is 1. The highest BCUT2D eigenvalue weighted by Crippen LogP contribution is 2.39. The van der Waals surface area contributed by atoms with Crippen LogP contribution in [0, 0.1) is 6.92 Å². The van der Waals surface area contributed by atoms with Gasteiger partial charge in [-0.05, 0) is 30.7 Å². The largest absolute Gasteiger partial charge is 0.467 e. The summed E-state index contributed by atoms with van der Waals surface area (Å²) in [6.45, 7) is 1.97. The number of esters is 1. The zero-order chi connectivity index (χ0) is 20.1. The van der Waals surface area contributed by atoms with E-state index in [2.05, 4.69) is 10.3 Å². The second-order valence-electron chi connectivity index (χ2n) is 6.48. The smallest absolute Gasteiger partial charge is 0.345 e. The van der Waals surface area contributed by atoms with Crippen molar-refractivity contribution in [1.82, 2.24) is 4.98 Å². The molecule has 144 valence electrons. The van der Waals surface area contributed by atoms with Crippen LogP contribution in [0.3, 0.4) is 0 Å². The summed E-state index contributed by atoms with van der Waals surface area (Å²) in [6, 6.07) is 19.2. The average molecular weight is 397 g/mol. The van der Waals surface area contributed by atoms with Crippen LogP contribution >= 0.6 is 11.6 Å². The number of aromatic nitrogens is 1. The van der Waals surface area contributed by atoms with Gasteiger partial charge >= 0.3 is 5.97 Å². The maximum Gasteiger partial charge on any atom is 0.345 e. The molecule has 1 aromatic heterocycles. The molecule has 28 heavy (non-hydrogen) atoms. The van der Waals surface area contributed by atoms with Crippen molar-refractivity contribution in [1.29, 1.82) is 0 Å². The molecule has 0 aliphatic carbocycles. The lowest BCUT2D eigenvalue weighted by atomic mass is 9.82. The average Bonchev–Trinajstić information content (AvgIpc) is 2.73. The minimum atomic E-state index is -2.03. The number of nitrogens with one attached hydrogen (secondary N) is 1. The summed E-state index contributed by atoms with van der Waals surface area (Å²) < 4.78 is 4.97. The van der Waals surface area contributed by atoms with E-state index in [4.69, 9.17) is 16.3 Å². The highest BCUT2D eigenvalue weighted by molar-refractivity contribution is 6.29. The van der Waals surface area contributed by atoms with Gasteiger partial charge in [0.2, 0.25) is 5.60 Å². The molecule has 2 aromatic carbocycles. The topological polar surface area (TPSA) is 71.5 Å². The van der Waals surface area contributed by atoms with Crippen LogP contribution in [-0.4, -0.2) is 23.2 Å². The molecule has 0 saturated carbocycles. The molecule has 0 saturated heterocycles. The molecule has 0 amide bonds. The fraction of sp³-hybridized carbons (Fsp3) is 0.182. The minimum absolute atomic E-state index is 0.263. The summed E-state index contributed by atoms with van der Waals surface area (Å²) in [5.41, 5.74) is 0.779. The highest BCUT2D eigenvalue weighted by Gasteiger charge is 2.48. The summed E-state index contributed by atoms with van der Waals surface area (Å²) in [5.74, 6) is -0.800. The molecular formula is C22H21ClN2O3. The fourth-order valence-electron chi connectivity index (χ4n) is 3.05. The van der Waals surface area contributed by atoms with Gasteiger partial charge in [0, 0.05) is 17.4 Å². The molecule has 0 spiro atoms. The van der Waals surface area contributed by atoms with Crippen molar-refractivity contribution in [3.8, 4) is 0 Å². The fourth-order valence-corrected chi connectivity index (χ4v) is 3.16. The first-order chi connectivity index (χ1) is 13.4. The Labute approximate surface area is 169 Å². The van der Waals surface area contributed by atoms with Gasteiger partial charge in [-0.2, -0.15) is 0 Å². The Morgan fingerprint density at radius 1 is 1.11 bits per heavy atom. The van der Waals surface area contributed by atoms with Gasteiger partial charge in [-0.1, -0.05) is 65.7 Å². The zero-order valence-corrected chi connectivity index (χ0v) is 16.4. The van der Waals surface area contributed by atoms with Crippen LogP contribution in [0.2, 0.25) is 5.15 Å². The first kappa shape index (κ1) is 19.9. The third-order valence-electron chi connectivity index (χ3n) is 4.58. The Balaban J connectivity index is 2.16. The molecule has 1 heterocycles. The van der Waals surface area contributed by atoms with Crippen LogP contribution in [0.4, 0.5) is 5.69 Å². The molecule has 6 heteroatoms. The molecule has 0 aliphatic heterocycles. The molecule has 3 aromatic rings. The quantitative estimate of drug-likeness (QED) is 0.481. The van der Waals surface area contributed by atoms with E-state index in [0.29, 0.717) is 0 Å². The van der Waals surface area contributed by atoms with E-state index in [0.717, 1.165) is 16.8 Å². The number of aryl methyl sites for hydroxylation is 1. The summed E-state index contributed by atoms with van der Waals surface area (Å²) in [6.07, 6.45) is 1.38. The van der Waals surface area contributed by atoms with Crippen LogP contribution in [0.1, 0.15) is 22.7 Å². The summed E-state index contributed by atoms with van der Waals surface area (Å²) in [5, 5.41) is 15.2. The van der Waals surface area contributed by atoms with Gasteiger partial charge in [0.25, 0.3) is 0 Å². The molecule has 0 fully saturated rings. The van der Waals surface area contributed by atoms with Crippen LogP contribution < -0.4 is 5.32 Å². The summed E-state index contributed by atoms with van der Waals surface area (Å²) in [7, 11) is 1.24. The lowest BCUT2D eigenvalue weighted by Gasteiger charge is -2.35. The van der Waals surface area contributed by atoms with E-state index in [1.807, 2.05) is 61.5 Å². The van der Waals surface area contributed by atoms with Gasteiger partial charge < -0.3 is 15.2 Å². The van der Waals surface area contributed by atoms with Crippen molar-refractivity contribution in [3.05, 3.63) is 94.8 Å². The normalized spacial score (nSPS) is 14.0. The van der Waals surface area contributed by atoms with Gasteiger partial charge in [0.05, 0.1) is 13.2 Å². The number of ether oxygens (including phenoxy) is 1. The number of hydrogen-bond acceptors (Lipinski definition) is 5. The minimum Gasteiger partial charge on any atom is -0.467 e. The van der Waals surface area contributed by atoms with Gasteiger partial charge in [0.1, 0.15) is 5.15 Å². The molecule has 5 nitrogen and oxygen atoms in total. The molecule has 2 unspecified atom stereocenters. The van der Waals surface area contributed by atoms with Gasteiger partial charge in [-0.3, -0.25) is 0 Å². The maximum absolute atomic E-state index is 12.8. The molecule has 3 rings (SSSR count). The van der Waals surface area contributed by atoms with Crippen molar-refractivity contribution in [2.75, 3.05) is 12.4 Å². The number of anilines is 1. The number of carbonyl (C=O) groups excluding carboxylic acids is 1. The number of halogens is 1. The molecule has 0 radical (unpaired) electrons. The van der Waals surface area contributed by atoms with Gasteiger partial charge in [0.15, 0.2) is 0 Å². The third kappa shape index (κ3) is 4.01. The number of aliphatic hydroxyl groups is 1. The molecule has 0 bridgehead atoms. The second kappa shape index (κ2) is 8.42. The Kier molecular flexibility index (Phi) is 5.97. The number of methoxy groups -OCH3 is 1. The van der Waals surface area contributed by atoms with E-state index in [1.165, 1.54) is 19.4 Å². The third-order valence-corrected chi connectivity index (χ3v) is 4.80. The Bertz CT molecular complexity index is 930. The number of rotatable bonds is 6. The van der Waals surface area contributed by atoms with Crippen LogP contribution in [0.5, 0.6) is 0 Å². The first-order valence-electron chi connectivity index (χ1n) is 8.76. The van der Waals surface area contributed by atoms with E-state index in [1.54, 1.807) is 6.07 Å². The predicted octanol–water partition coefficient (Wildman–Crippen LogP) is 4.26. The van der Waals surface area contributed by atoms with Gasteiger partial charge in [-0.25, -0.2) is 9.78 Å². The summed E-state index contributed by atoms with van der Waals surface area (Å²) >= 11 is 5.89. The molecular weight excluding hydrogens is 376 g/mol. The van der Waals surface area contributed by atoms with Crippen LogP contribution in [0.15, 0.2) is 72.9 Å². The zero-order valence-electron chi connectivity index (χ0n) is 15.6. The Morgan fingerprint density at radius 2 is 1.79 bits per heavy atom. The number of benzene rings is 2. The first-order valence-corrected chi connectivity index (χ1v) is 9.14.